The molecule has 1 aliphatic heterocycles. The van der Waals surface area contributed by atoms with Gasteiger partial charge in [0.15, 0.2) is 0 Å². The maximum absolute atomic E-state index is 13.0. The van der Waals surface area contributed by atoms with Crippen molar-refractivity contribution >= 4 is 37.2 Å². The van der Waals surface area contributed by atoms with Gasteiger partial charge in [0.25, 0.3) is 0 Å². The van der Waals surface area contributed by atoms with E-state index in [0.29, 0.717) is 18.6 Å². The number of ether oxygens (including phenoxy) is 3. The number of carbonyl (C=O) groups is 2. The number of carbonyl (C=O) groups excluding carboxylic acids is 2. The summed E-state index contributed by atoms with van der Waals surface area (Å²) >= 11 is -0.0971. The summed E-state index contributed by atoms with van der Waals surface area (Å²) in [5, 5.41) is 14.9. The molecule has 1 aliphatic rings. The van der Waals surface area contributed by atoms with Gasteiger partial charge in [0, 0.05) is 0 Å². The first-order valence-electron chi connectivity index (χ1n) is 12.8. The number of nitro groups is 1. The van der Waals surface area contributed by atoms with Crippen molar-refractivity contribution in [1.29, 1.82) is 0 Å². The van der Waals surface area contributed by atoms with E-state index in [1.165, 1.54) is 6.07 Å². The summed E-state index contributed by atoms with van der Waals surface area (Å²) < 4.78 is 18.3. The van der Waals surface area contributed by atoms with Gasteiger partial charge in [0.1, 0.15) is 0 Å². The van der Waals surface area contributed by atoms with Gasteiger partial charge in [-0.3, -0.25) is 0 Å². The summed E-state index contributed by atoms with van der Waals surface area (Å²) in [5.41, 5.74) is -0.535. The molecule has 1 saturated heterocycles. The molecule has 206 valence electrons. The number of hydrogen-bond acceptors (Lipinski definition) is 7. The summed E-state index contributed by atoms with van der Waals surface area (Å²) in [6.45, 7) is 7.09. The van der Waals surface area contributed by atoms with Crippen molar-refractivity contribution in [2.75, 3.05) is 0 Å². The molecule has 9 nitrogen and oxygen atoms in total. The number of cyclic esters (lactones) is 1. The molecule has 1 heterocycles. The zero-order chi connectivity index (χ0) is 27.7. The second-order valence-corrected chi connectivity index (χ2v) is 12.7. The fourth-order valence-corrected chi connectivity index (χ4v) is 6.69. The normalized spacial score (nSPS) is 22.3. The predicted molar refractivity (Wildman–Crippen MR) is 145 cm³/mol. The molecule has 2 unspecified atom stereocenters. The van der Waals surface area contributed by atoms with Crippen LogP contribution in [0.25, 0.3) is 0 Å². The zero-order valence-corrected chi connectivity index (χ0v) is 24.0. The van der Waals surface area contributed by atoms with Crippen LogP contribution >= 0.6 is 0 Å². The van der Waals surface area contributed by atoms with Crippen molar-refractivity contribution in [3.63, 3.8) is 0 Å². The predicted octanol–water partition coefficient (Wildman–Crippen LogP) is 4.81. The van der Waals surface area contributed by atoms with Crippen LogP contribution in [0.3, 0.4) is 0 Å². The topological polar surface area (TPSA) is 117 Å². The molecule has 0 aromatic heterocycles. The van der Waals surface area contributed by atoms with Crippen LogP contribution in [0.4, 0.5) is 10.5 Å². The Hall–Kier alpha value is -3.10. The quantitative estimate of drug-likeness (QED) is 0.203. The van der Waals surface area contributed by atoms with Crippen molar-refractivity contribution in [1.82, 2.24) is 5.32 Å². The number of rotatable bonds is 8. The molecule has 4 atom stereocenters. The van der Waals surface area contributed by atoms with E-state index in [9.17, 15) is 19.7 Å². The molecule has 0 spiro atoms. The Morgan fingerprint density at radius 1 is 1.13 bits per heavy atom. The molecule has 3 rings (SSSR count). The van der Waals surface area contributed by atoms with Crippen molar-refractivity contribution in [2.45, 2.75) is 82.5 Å². The monoisotopic (exact) mass is 592 g/mol. The van der Waals surface area contributed by atoms with E-state index in [4.69, 9.17) is 14.2 Å². The van der Waals surface area contributed by atoms with Crippen LogP contribution in [0.15, 0.2) is 54.6 Å². The summed E-state index contributed by atoms with van der Waals surface area (Å²) in [4.78, 5) is 36.5. The number of amides is 1. The second-order valence-electron chi connectivity index (χ2n) is 10.3. The number of para-hydroxylation sites is 2. The Kier molecular flexibility index (Phi) is 10.6. The third-order valence-corrected chi connectivity index (χ3v) is 8.40. The van der Waals surface area contributed by atoms with Crippen LogP contribution in [0.5, 0.6) is 5.75 Å². The fourth-order valence-electron chi connectivity index (χ4n) is 4.37. The Labute approximate surface area is 229 Å². The number of nitrogens with one attached hydrogen (secondary N) is 1. The van der Waals surface area contributed by atoms with Gasteiger partial charge >= 0.3 is 230 Å². The minimum absolute atomic E-state index is 0.0444. The zero-order valence-electron chi connectivity index (χ0n) is 22.3. The second kappa shape index (κ2) is 13.6. The third kappa shape index (κ3) is 9.03. The van der Waals surface area contributed by atoms with Crippen LogP contribution < -0.4 is 14.5 Å². The first kappa shape index (κ1) is 29.5. The first-order chi connectivity index (χ1) is 18.0. The van der Waals surface area contributed by atoms with Gasteiger partial charge in [0.2, 0.25) is 0 Å². The van der Waals surface area contributed by atoms with E-state index in [-0.39, 0.29) is 31.5 Å². The molecule has 0 radical (unpaired) electrons. The number of hydrogen-bond donors (Lipinski definition) is 1. The Morgan fingerprint density at radius 3 is 2.50 bits per heavy atom. The van der Waals surface area contributed by atoms with E-state index >= 15 is 0 Å². The molecule has 1 N–H and O–H groups in total. The van der Waals surface area contributed by atoms with Gasteiger partial charge in [-0.1, -0.05) is 0 Å². The fraction of sp³-hybridized carbons (Fsp3) is 0.500. The molecule has 2 aromatic carbocycles. The van der Waals surface area contributed by atoms with Gasteiger partial charge in [-0.05, 0) is 0 Å². The van der Waals surface area contributed by atoms with E-state index in [1.54, 1.807) is 26.8 Å². The van der Waals surface area contributed by atoms with Crippen LogP contribution in [-0.2, 0) is 14.3 Å². The van der Waals surface area contributed by atoms with Gasteiger partial charge in [-0.15, -0.1) is 0 Å². The SMILES string of the molecule is CC1OC(=O)[C@@H](NC(=O)OC(C)(C)C)CCCC(CC[Se]c2ccccc2[N+](=O)[O-])[C@H]1Oc1ccccc1. The molecule has 10 heteroatoms. The first-order valence-corrected chi connectivity index (χ1v) is 14.9. The van der Waals surface area contributed by atoms with E-state index < -0.39 is 35.9 Å². The number of nitrogens with zero attached hydrogens (tertiary/aromatic N) is 1. The van der Waals surface area contributed by atoms with Crippen LogP contribution in [0.2, 0.25) is 5.32 Å². The average Bonchev–Trinajstić information content (AvgIpc) is 2.89. The molecule has 2 aromatic rings. The van der Waals surface area contributed by atoms with Crippen molar-refractivity contribution in [3.05, 3.63) is 64.7 Å². The molecule has 38 heavy (non-hydrogen) atoms. The minimum atomic E-state index is -0.820. The van der Waals surface area contributed by atoms with Crippen LogP contribution in [0, 0.1) is 16.0 Å². The molecule has 0 saturated carbocycles. The number of esters is 1. The molecular formula is C28H36N2O7Se. The summed E-state index contributed by atoms with van der Waals surface area (Å²) in [6.07, 6.45) is 0.935. The van der Waals surface area contributed by atoms with Crippen molar-refractivity contribution in [2.24, 2.45) is 5.92 Å². The standard InChI is InChI=1S/C28H36N2O7Se/c1-19-25(36-21-12-6-5-7-13-21)20(17-18-38-24-16-9-8-15-23(24)30(33)34)11-10-14-22(26(31)35-19)29-27(32)37-28(2,3)4/h5-9,12-13,15-16,19-20,22,25H,10-11,14,17-18H2,1-4H3,(H,29,32)/t19?,20?,22-,25-/m0/s1. The molecule has 1 fully saturated rings. The molecule has 1 amide bonds. The Bertz CT molecular complexity index is 1090. The van der Waals surface area contributed by atoms with Gasteiger partial charge in [-0.25, -0.2) is 0 Å². The number of alkyl carbamates (subject to hydrolysis) is 1. The van der Waals surface area contributed by atoms with E-state index in [0.717, 1.165) is 22.6 Å². The van der Waals surface area contributed by atoms with Crippen molar-refractivity contribution in [3.8, 4) is 5.75 Å². The summed E-state index contributed by atoms with van der Waals surface area (Å²) in [7, 11) is 0. The number of benzene rings is 2. The Morgan fingerprint density at radius 2 is 1.82 bits per heavy atom. The van der Waals surface area contributed by atoms with E-state index in [2.05, 4.69) is 5.32 Å². The summed E-state index contributed by atoms with van der Waals surface area (Å²) in [6, 6.07) is 15.4. The molecule has 0 aliphatic carbocycles. The van der Waals surface area contributed by atoms with Crippen molar-refractivity contribution < 1.29 is 28.7 Å². The molecular weight excluding hydrogens is 555 g/mol. The average molecular weight is 592 g/mol. The van der Waals surface area contributed by atoms with Gasteiger partial charge in [-0.2, -0.15) is 0 Å². The third-order valence-electron chi connectivity index (χ3n) is 6.10. The molecule has 0 bridgehead atoms. The summed E-state index contributed by atoms with van der Waals surface area (Å²) in [5.74, 6) is 0.204. The van der Waals surface area contributed by atoms with Crippen LogP contribution in [-0.4, -0.2) is 55.8 Å². The van der Waals surface area contributed by atoms with Gasteiger partial charge < -0.3 is 0 Å². The Balaban J connectivity index is 1.75. The van der Waals surface area contributed by atoms with Crippen LogP contribution in [0.1, 0.15) is 53.4 Å². The maximum atomic E-state index is 13.0. The number of nitro benzene ring substituents is 1. The van der Waals surface area contributed by atoms with E-state index in [1.807, 2.05) is 49.4 Å². The van der Waals surface area contributed by atoms with Gasteiger partial charge in [0.05, 0.1) is 0 Å².